The monoisotopic (exact) mass is 475 g/mol. The number of nitrogens with one attached hydrogen (secondary N) is 1. The van der Waals surface area contributed by atoms with Gasteiger partial charge in [-0.15, -0.1) is 0 Å². The molecule has 3 heterocycles. The minimum Gasteiger partial charge on any atom is -0.476 e. The van der Waals surface area contributed by atoms with Crippen LogP contribution in [-0.2, 0) is 0 Å². The topological polar surface area (TPSA) is 139 Å². The third-order valence-electron chi connectivity index (χ3n) is 5.91. The van der Waals surface area contributed by atoms with Gasteiger partial charge in [-0.2, -0.15) is 10.5 Å². The number of aromatic carboxylic acids is 1. The van der Waals surface area contributed by atoms with Gasteiger partial charge in [0.2, 0.25) is 0 Å². The van der Waals surface area contributed by atoms with Gasteiger partial charge in [0, 0.05) is 24.6 Å². The molecule has 2 N–H and O–H groups in total. The van der Waals surface area contributed by atoms with Crippen LogP contribution in [0.2, 0.25) is 5.15 Å². The van der Waals surface area contributed by atoms with Gasteiger partial charge in [-0.1, -0.05) is 17.7 Å². The summed E-state index contributed by atoms with van der Waals surface area (Å²) in [7, 11) is 0. The molecule has 1 atom stereocenters. The van der Waals surface area contributed by atoms with Crippen molar-refractivity contribution in [1.29, 1.82) is 10.5 Å². The van der Waals surface area contributed by atoms with Crippen LogP contribution >= 0.6 is 11.6 Å². The zero-order chi connectivity index (χ0) is 24.4. The van der Waals surface area contributed by atoms with Crippen LogP contribution in [0.4, 0.5) is 11.5 Å². The molecule has 0 bridgehead atoms. The second kappa shape index (κ2) is 9.50. The Labute approximate surface area is 201 Å². The van der Waals surface area contributed by atoms with E-state index in [0.29, 0.717) is 48.5 Å². The number of carboxylic acids is 1. The fourth-order valence-electron chi connectivity index (χ4n) is 4.20. The number of aromatic nitrogens is 3. The van der Waals surface area contributed by atoms with Crippen molar-refractivity contribution in [2.24, 2.45) is 5.92 Å². The molecule has 0 radical (unpaired) electrons. The van der Waals surface area contributed by atoms with Gasteiger partial charge in [0.05, 0.1) is 28.8 Å². The van der Waals surface area contributed by atoms with Crippen LogP contribution in [0.3, 0.4) is 0 Å². The molecule has 1 fully saturated rings. The predicted molar refractivity (Wildman–Crippen MR) is 128 cm³/mol. The van der Waals surface area contributed by atoms with Crippen LogP contribution in [0.1, 0.15) is 53.1 Å². The lowest BCUT2D eigenvalue weighted by Crippen LogP contribution is -2.34. The van der Waals surface area contributed by atoms with E-state index < -0.39 is 5.97 Å². The van der Waals surface area contributed by atoms with Crippen molar-refractivity contribution in [3.63, 3.8) is 0 Å². The highest BCUT2D eigenvalue weighted by Gasteiger charge is 2.25. The lowest BCUT2D eigenvalue weighted by Gasteiger charge is -2.30. The summed E-state index contributed by atoms with van der Waals surface area (Å²) in [5.41, 5.74) is 3.37. The zero-order valence-electron chi connectivity index (χ0n) is 18.7. The zero-order valence-corrected chi connectivity index (χ0v) is 19.5. The normalized spacial score (nSPS) is 14.9. The van der Waals surface area contributed by atoms with Crippen molar-refractivity contribution < 1.29 is 9.90 Å². The van der Waals surface area contributed by atoms with E-state index in [9.17, 15) is 20.4 Å². The molecule has 10 heteroatoms. The molecule has 0 amide bonds. The average Bonchev–Trinajstić information content (AvgIpc) is 2.83. The summed E-state index contributed by atoms with van der Waals surface area (Å²) in [4.78, 5) is 27.0. The van der Waals surface area contributed by atoms with E-state index in [0.717, 1.165) is 11.1 Å². The summed E-state index contributed by atoms with van der Waals surface area (Å²) in [5.74, 6) is -0.676. The van der Waals surface area contributed by atoms with Gasteiger partial charge < -0.3 is 15.3 Å². The number of hydrogen-bond acceptors (Lipinski definition) is 8. The van der Waals surface area contributed by atoms with E-state index in [1.54, 1.807) is 6.07 Å². The summed E-state index contributed by atoms with van der Waals surface area (Å²) < 4.78 is 0. The fraction of sp³-hybridized carbons (Fsp3) is 0.333. The highest BCUT2D eigenvalue weighted by Crippen LogP contribution is 2.31. The number of carboxylic acid groups (broad SMARTS) is 1. The number of rotatable bonds is 5. The molecule has 1 aromatic carbocycles. The van der Waals surface area contributed by atoms with E-state index in [1.807, 2.05) is 30.9 Å². The van der Waals surface area contributed by atoms with Crippen LogP contribution in [-0.4, -0.2) is 39.1 Å². The number of piperidine rings is 1. The summed E-state index contributed by atoms with van der Waals surface area (Å²) in [6, 6.07) is 11.1. The lowest BCUT2D eigenvalue weighted by atomic mass is 9.98. The molecule has 4 rings (SSSR count). The van der Waals surface area contributed by atoms with Gasteiger partial charge in [-0.05, 0) is 50.5 Å². The molecule has 1 aliphatic heterocycles. The molecule has 172 valence electrons. The highest BCUT2D eigenvalue weighted by molar-refractivity contribution is 6.29. The summed E-state index contributed by atoms with van der Waals surface area (Å²) in [6.07, 6.45) is 1.42. The molecule has 1 saturated heterocycles. The minimum absolute atomic E-state index is 0.00838. The molecule has 0 aliphatic carbocycles. The quantitative estimate of drug-likeness (QED) is 0.511. The molecule has 2 aromatic heterocycles. The van der Waals surface area contributed by atoms with Gasteiger partial charge in [-0.3, -0.25) is 0 Å². The Bertz CT molecular complexity index is 1350. The predicted octanol–water partition coefficient (Wildman–Crippen LogP) is 4.47. The number of aryl methyl sites for hydroxylation is 1. The smallest absolute Gasteiger partial charge is 0.356 e. The van der Waals surface area contributed by atoms with Crippen molar-refractivity contribution in [1.82, 2.24) is 15.0 Å². The average molecular weight is 476 g/mol. The standard InChI is InChI=1S/C24H22ClN7O2/c1-13-9-16(14(2)28-17-3-4-20(25)30-22(17)24(33)34)21-18(10-13)29-19(12-27)23(31-21)32-7-5-15(11-26)6-8-32/h3-4,9-10,14-15,28H,5-8H2,1-2H3,(H,33,34)/t14-/m1/s1. The maximum Gasteiger partial charge on any atom is 0.356 e. The van der Waals surface area contributed by atoms with Gasteiger partial charge in [-0.25, -0.2) is 19.7 Å². The molecule has 0 unspecified atom stereocenters. The first kappa shape index (κ1) is 23.2. The first-order chi connectivity index (χ1) is 16.3. The van der Waals surface area contributed by atoms with Crippen LogP contribution in [0.15, 0.2) is 24.3 Å². The van der Waals surface area contributed by atoms with Gasteiger partial charge in [0.1, 0.15) is 11.2 Å². The van der Waals surface area contributed by atoms with Crippen molar-refractivity contribution in [2.45, 2.75) is 32.7 Å². The molecule has 1 aliphatic rings. The van der Waals surface area contributed by atoms with E-state index in [1.165, 1.54) is 6.07 Å². The van der Waals surface area contributed by atoms with Gasteiger partial charge in [0.15, 0.2) is 17.2 Å². The van der Waals surface area contributed by atoms with Crippen LogP contribution in [0.25, 0.3) is 11.0 Å². The number of pyridine rings is 1. The number of nitriles is 2. The van der Waals surface area contributed by atoms with E-state index in [4.69, 9.17) is 16.6 Å². The number of fused-ring (bicyclic) bond motifs is 1. The molecule has 9 nitrogen and oxygen atoms in total. The Balaban J connectivity index is 1.77. The lowest BCUT2D eigenvalue weighted by molar-refractivity contribution is 0.0691. The number of anilines is 2. The van der Waals surface area contributed by atoms with E-state index in [2.05, 4.69) is 27.4 Å². The van der Waals surface area contributed by atoms with Crippen molar-refractivity contribution in [2.75, 3.05) is 23.3 Å². The number of halogens is 1. The Morgan fingerprint density at radius 1 is 1.24 bits per heavy atom. The summed E-state index contributed by atoms with van der Waals surface area (Å²) in [5, 5.41) is 31.8. The van der Waals surface area contributed by atoms with E-state index in [-0.39, 0.29) is 28.5 Å². The van der Waals surface area contributed by atoms with Gasteiger partial charge >= 0.3 is 5.97 Å². The Morgan fingerprint density at radius 3 is 2.62 bits per heavy atom. The molecule has 34 heavy (non-hydrogen) atoms. The number of carbonyl (C=O) groups is 1. The second-order valence-electron chi connectivity index (χ2n) is 8.32. The third-order valence-corrected chi connectivity index (χ3v) is 6.12. The number of hydrogen-bond donors (Lipinski definition) is 2. The molecule has 3 aromatic rings. The first-order valence-electron chi connectivity index (χ1n) is 10.8. The number of benzene rings is 1. The Kier molecular flexibility index (Phi) is 6.49. The fourth-order valence-corrected chi connectivity index (χ4v) is 4.34. The highest BCUT2D eigenvalue weighted by atomic mass is 35.5. The van der Waals surface area contributed by atoms with Crippen molar-refractivity contribution in [3.8, 4) is 12.1 Å². The molecular formula is C24H22ClN7O2. The van der Waals surface area contributed by atoms with E-state index >= 15 is 0 Å². The second-order valence-corrected chi connectivity index (χ2v) is 8.71. The van der Waals surface area contributed by atoms with Crippen molar-refractivity contribution in [3.05, 3.63) is 51.9 Å². The summed E-state index contributed by atoms with van der Waals surface area (Å²) >= 11 is 5.88. The molecule has 0 saturated carbocycles. The first-order valence-corrected chi connectivity index (χ1v) is 11.2. The maximum atomic E-state index is 11.7. The Morgan fingerprint density at radius 2 is 1.97 bits per heavy atom. The Hall–Kier alpha value is -3.95. The maximum absolute atomic E-state index is 11.7. The van der Waals surface area contributed by atoms with Crippen LogP contribution < -0.4 is 10.2 Å². The summed E-state index contributed by atoms with van der Waals surface area (Å²) in [6.45, 7) is 5.07. The minimum atomic E-state index is -1.19. The number of nitrogens with zero attached hydrogens (tertiary/aromatic N) is 6. The third kappa shape index (κ3) is 4.57. The van der Waals surface area contributed by atoms with Crippen molar-refractivity contribution >= 4 is 40.1 Å². The van der Waals surface area contributed by atoms with Crippen LogP contribution in [0, 0.1) is 35.5 Å². The van der Waals surface area contributed by atoms with Crippen LogP contribution in [0.5, 0.6) is 0 Å². The largest absolute Gasteiger partial charge is 0.476 e. The molecule has 0 spiro atoms. The SMILES string of the molecule is Cc1cc([C@@H](C)Nc2ccc(Cl)nc2C(=O)O)c2nc(N3CCC(C#N)CC3)c(C#N)nc2c1. The molecular weight excluding hydrogens is 454 g/mol. The van der Waals surface area contributed by atoms with Gasteiger partial charge in [0.25, 0.3) is 0 Å².